The fraction of sp³-hybridized carbons (Fsp3) is 0.214. The summed E-state index contributed by atoms with van der Waals surface area (Å²) in [5.41, 5.74) is 2.63. The number of esters is 1. The number of carbonyl (C=O) groups excluding carboxylic acids is 1. The molecule has 0 amide bonds. The molecular weight excluding hydrogens is 246 g/mol. The van der Waals surface area contributed by atoms with Crippen molar-refractivity contribution >= 4 is 23.0 Å². The highest BCUT2D eigenvalue weighted by molar-refractivity contribution is 7.10. The smallest absolute Gasteiger partial charge is 0.339 e. The minimum atomic E-state index is -0.319. The number of ether oxygens (including phenoxy) is 1. The molecule has 0 saturated heterocycles. The van der Waals surface area contributed by atoms with Gasteiger partial charge in [0.1, 0.15) is 0 Å². The molecule has 0 aliphatic rings. The van der Waals surface area contributed by atoms with E-state index in [9.17, 15) is 4.79 Å². The van der Waals surface area contributed by atoms with E-state index in [1.54, 1.807) is 17.4 Å². The molecule has 2 rings (SSSR count). The van der Waals surface area contributed by atoms with Crippen LogP contribution in [0.3, 0.4) is 0 Å². The van der Waals surface area contributed by atoms with Crippen molar-refractivity contribution in [1.82, 2.24) is 0 Å². The summed E-state index contributed by atoms with van der Waals surface area (Å²) in [6, 6.07) is 9.46. The van der Waals surface area contributed by atoms with Crippen molar-refractivity contribution in [3.05, 3.63) is 51.7 Å². The summed E-state index contributed by atoms with van der Waals surface area (Å²) in [5.74, 6) is -0.319. The van der Waals surface area contributed by atoms with E-state index in [0.717, 1.165) is 12.2 Å². The van der Waals surface area contributed by atoms with Gasteiger partial charge in [0.15, 0.2) is 0 Å². The van der Waals surface area contributed by atoms with Gasteiger partial charge >= 0.3 is 5.97 Å². The number of nitrogens with one attached hydrogen (secondary N) is 1. The normalized spacial score (nSPS) is 10.1. The van der Waals surface area contributed by atoms with Gasteiger partial charge in [-0.3, -0.25) is 0 Å². The molecule has 1 aromatic heterocycles. The van der Waals surface area contributed by atoms with Gasteiger partial charge in [-0.1, -0.05) is 12.1 Å². The van der Waals surface area contributed by atoms with Crippen LogP contribution in [0.25, 0.3) is 0 Å². The summed E-state index contributed by atoms with van der Waals surface area (Å²) in [6.45, 7) is 2.80. The molecule has 1 heterocycles. The van der Waals surface area contributed by atoms with Crippen LogP contribution < -0.4 is 5.32 Å². The van der Waals surface area contributed by atoms with Crippen molar-refractivity contribution in [2.75, 3.05) is 12.4 Å². The molecule has 0 aliphatic carbocycles. The van der Waals surface area contributed by atoms with Gasteiger partial charge in [-0.25, -0.2) is 4.79 Å². The number of benzene rings is 1. The summed E-state index contributed by atoms with van der Waals surface area (Å²) in [7, 11) is 1.39. The molecule has 18 heavy (non-hydrogen) atoms. The van der Waals surface area contributed by atoms with E-state index in [4.69, 9.17) is 4.74 Å². The Bertz CT molecular complexity index is 548. The van der Waals surface area contributed by atoms with Crippen LogP contribution in [0.2, 0.25) is 0 Å². The highest BCUT2D eigenvalue weighted by Crippen LogP contribution is 2.20. The summed E-state index contributed by atoms with van der Waals surface area (Å²) >= 11 is 1.71. The Balaban J connectivity index is 2.14. The Hall–Kier alpha value is -1.81. The predicted octanol–water partition coefficient (Wildman–Crippen LogP) is 3.46. The Labute approximate surface area is 110 Å². The fourth-order valence-corrected chi connectivity index (χ4v) is 2.53. The van der Waals surface area contributed by atoms with Crippen LogP contribution in [0.4, 0.5) is 5.69 Å². The standard InChI is InChI=1S/C14H15NO2S/c1-10-7-8-18-13(10)9-15-12-6-4-3-5-11(12)14(16)17-2/h3-8,15H,9H2,1-2H3. The van der Waals surface area contributed by atoms with Crippen LogP contribution in [0.5, 0.6) is 0 Å². The van der Waals surface area contributed by atoms with E-state index >= 15 is 0 Å². The largest absolute Gasteiger partial charge is 0.465 e. The number of methoxy groups -OCH3 is 1. The highest BCUT2D eigenvalue weighted by Gasteiger charge is 2.10. The molecule has 0 atom stereocenters. The molecule has 2 aromatic rings. The number of hydrogen-bond donors (Lipinski definition) is 1. The second-order valence-electron chi connectivity index (χ2n) is 3.92. The fourth-order valence-electron chi connectivity index (χ4n) is 1.69. The first-order valence-electron chi connectivity index (χ1n) is 5.66. The number of anilines is 1. The molecule has 94 valence electrons. The average Bonchev–Trinajstić information content (AvgIpc) is 2.81. The minimum absolute atomic E-state index is 0.319. The molecule has 0 radical (unpaired) electrons. The van der Waals surface area contributed by atoms with Gasteiger partial charge < -0.3 is 10.1 Å². The Morgan fingerprint density at radius 1 is 1.33 bits per heavy atom. The first-order valence-corrected chi connectivity index (χ1v) is 6.54. The molecule has 0 unspecified atom stereocenters. The molecular formula is C14H15NO2S. The Kier molecular flexibility index (Phi) is 3.99. The van der Waals surface area contributed by atoms with Crippen LogP contribution in [0.15, 0.2) is 35.7 Å². The maximum absolute atomic E-state index is 11.6. The molecule has 0 fully saturated rings. The quantitative estimate of drug-likeness (QED) is 0.857. The summed E-state index contributed by atoms with van der Waals surface area (Å²) in [5, 5.41) is 5.35. The molecule has 4 heteroatoms. The van der Waals surface area contributed by atoms with Crippen molar-refractivity contribution in [3.63, 3.8) is 0 Å². The van der Waals surface area contributed by atoms with Crippen LogP contribution in [0, 0.1) is 6.92 Å². The number of rotatable bonds is 4. The van der Waals surface area contributed by atoms with E-state index in [-0.39, 0.29) is 5.97 Å². The lowest BCUT2D eigenvalue weighted by Crippen LogP contribution is -2.07. The van der Waals surface area contributed by atoms with E-state index in [1.165, 1.54) is 17.6 Å². The van der Waals surface area contributed by atoms with Crippen molar-refractivity contribution < 1.29 is 9.53 Å². The molecule has 0 bridgehead atoms. The number of thiophene rings is 1. The molecule has 1 aromatic carbocycles. The summed E-state index contributed by atoms with van der Waals surface area (Å²) in [6.07, 6.45) is 0. The average molecular weight is 261 g/mol. The van der Waals surface area contributed by atoms with E-state index in [2.05, 4.69) is 23.7 Å². The molecule has 0 spiro atoms. The zero-order valence-corrected chi connectivity index (χ0v) is 11.2. The van der Waals surface area contributed by atoms with Gasteiger partial charge in [-0.15, -0.1) is 11.3 Å². The third-order valence-electron chi connectivity index (χ3n) is 2.74. The zero-order chi connectivity index (χ0) is 13.0. The minimum Gasteiger partial charge on any atom is -0.465 e. The maximum Gasteiger partial charge on any atom is 0.339 e. The second kappa shape index (κ2) is 5.69. The SMILES string of the molecule is COC(=O)c1ccccc1NCc1sccc1C. The van der Waals surface area contributed by atoms with Crippen molar-refractivity contribution in [2.45, 2.75) is 13.5 Å². The number of hydrogen-bond acceptors (Lipinski definition) is 4. The Morgan fingerprint density at radius 2 is 2.11 bits per heavy atom. The van der Waals surface area contributed by atoms with Crippen molar-refractivity contribution in [1.29, 1.82) is 0 Å². The van der Waals surface area contributed by atoms with Crippen molar-refractivity contribution in [2.24, 2.45) is 0 Å². The van der Waals surface area contributed by atoms with Crippen molar-refractivity contribution in [3.8, 4) is 0 Å². The Morgan fingerprint density at radius 3 is 2.78 bits per heavy atom. The van der Waals surface area contributed by atoms with Gasteiger partial charge in [0.25, 0.3) is 0 Å². The number of aryl methyl sites for hydroxylation is 1. The predicted molar refractivity (Wildman–Crippen MR) is 74.2 cm³/mol. The molecule has 3 nitrogen and oxygen atoms in total. The van der Waals surface area contributed by atoms with Crippen LogP contribution in [0.1, 0.15) is 20.8 Å². The topological polar surface area (TPSA) is 38.3 Å². The lowest BCUT2D eigenvalue weighted by atomic mass is 10.1. The molecule has 0 aliphatic heterocycles. The van der Waals surface area contributed by atoms with Crippen LogP contribution >= 0.6 is 11.3 Å². The number of carbonyl (C=O) groups is 1. The molecule has 1 N–H and O–H groups in total. The van der Waals surface area contributed by atoms with Crippen LogP contribution in [-0.4, -0.2) is 13.1 Å². The molecule has 0 saturated carbocycles. The first-order chi connectivity index (χ1) is 8.72. The van der Waals surface area contributed by atoms with Gasteiger partial charge in [-0.05, 0) is 36.1 Å². The van der Waals surface area contributed by atoms with Gasteiger partial charge in [-0.2, -0.15) is 0 Å². The third-order valence-corrected chi connectivity index (χ3v) is 3.76. The first kappa shape index (κ1) is 12.6. The van der Waals surface area contributed by atoms with E-state index < -0.39 is 0 Å². The van der Waals surface area contributed by atoms with Gasteiger partial charge in [0.2, 0.25) is 0 Å². The second-order valence-corrected chi connectivity index (χ2v) is 4.92. The van der Waals surface area contributed by atoms with E-state index in [0.29, 0.717) is 5.56 Å². The van der Waals surface area contributed by atoms with Crippen LogP contribution in [-0.2, 0) is 11.3 Å². The monoisotopic (exact) mass is 261 g/mol. The lowest BCUT2D eigenvalue weighted by molar-refractivity contribution is 0.0602. The summed E-state index contributed by atoms with van der Waals surface area (Å²) < 4.78 is 4.76. The summed E-state index contributed by atoms with van der Waals surface area (Å²) in [4.78, 5) is 12.9. The lowest BCUT2D eigenvalue weighted by Gasteiger charge is -2.10. The highest BCUT2D eigenvalue weighted by atomic mass is 32.1. The zero-order valence-electron chi connectivity index (χ0n) is 10.4. The van der Waals surface area contributed by atoms with Gasteiger partial charge in [0.05, 0.1) is 12.7 Å². The third kappa shape index (κ3) is 2.71. The van der Waals surface area contributed by atoms with E-state index in [1.807, 2.05) is 18.2 Å². The number of para-hydroxylation sites is 1. The van der Waals surface area contributed by atoms with Gasteiger partial charge in [0, 0.05) is 17.1 Å². The maximum atomic E-state index is 11.6.